The van der Waals surface area contributed by atoms with Gasteiger partial charge in [0.25, 0.3) is 0 Å². The first-order chi connectivity index (χ1) is 11.6. The van der Waals surface area contributed by atoms with Crippen LogP contribution in [0.2, 0.25) is 0 Å². The van der Waals surface area contributed by atoms with E-state index in [-0.39, 0.29) is 47.8 Å². The van der Waals surface area contributed by atoms with Crippen LogP contribution < -0.4 is 34.7 Å². The van der Waals surface area contributed by atoms with Crippen molar-refractivity contribution in [3.63, 3.8) is 0 Å². The van der Waals surface area contributed by atoms with E-state index < -0.39 is 18.2 Å². The summed E-state index contributed by atoms with van der Waals surface area (Å²) in [7, 11) is 0. The van der Waals surface area contributed by atoms with Crippen LogP contribution in [0.5, 0.6) is 0 Å². The van der Waals surface area contributed by atoms with E-state index in [4.69, 9.17) is 0 Å². The first-order valence-electron chi connectivity index (χ1n) is 9.43. The van der Waals surface area contributed by atoms with Crippen molar-refractivity contribution in [1.82, 2.24) is 0 Å². The number of allylic oxidation sites excluding steroid dienone is 3. The van der Waals surface area contributed by atoms with Crippen LogP contribution in [-0.2, 0) is 4.79 Å². The summed E-state index contributed by atoms with van der Waals surface area (Å²) in [6, 6.07) is 0. The molecule has 4 nitrogen and oxygen atoms in total. The fourth-order valence-corrected chi connectivity index (χ4v) is 3.38. The number of aliphatic hydroxyl groups excluding tert-OH is 2. The molecule has 25 heavy (non-hydrogen) atoms. The molecule has 0 heterocycles. The predicted molar refractivity (Wildman–Crippen MR) is 94.1 cm³/mol. The summed E-state index contributed by atoms with van der Waals surface area (Å²) in [5, 5.41) is 30.7. The van der Waals surface area contributed by atoms with Crippen LogP contribution >= 0.6 is 0 Å². The largest absolute Gasteiger partial charge is 1.00 e. The molecular weight excluding hydrogens is 327 g/mol. The van der Waals surface area contributed by atoms with Gasteiger partial charge in [0.15, 0.2) is 0 Å². The maximum absolute atomic E-state index is 10.3. The Kier molecular flexibility index (Phi) is 14.9. The smallest absolute Gasteiger partial charge is 0.550 e. The predicted octanol–water partition coefficient (Wildman–Crippen LogP) is -0.259. The van der Waals surface area contributed by atoms with Gasteiger partial charge < -0.3 is 20.1 Å². The zero-order valence-corrected chi connectivity index (χ0v) is 17.9. The molecule has 1 rings (SSSR count). The normalized spacial score (nSPS) is 26.4. The maximum Gasteiger partial charge on any atom is 1.00 e. The van der Waals surface area contributed by atoms with E-state index in [0.717, 1.165) is 6.42 Å². The van der Waals surface area contributed by atoms with Crippen molar-refractivity contribution in [1.29, 1.82) is 0 Å². The molecule has 0 bridgehead atoms. The monoisotopic (exact) mass is 360 g/mol. The quantitative estimate of drug-likeness (QED) is 0.286. The number of carbonyl (C=O) groups is 1. The molecule has 1 aliphatic rings. The van der Waals surface area contributed by atoms with Crippen molar-refractivity contribution in [2.75, 3.05) is 0 Å². The Morgan fingerprint density at radius 2 is 1.76 bits per heavy atom. The van der Waals surface area contributed by atoms with E-state index in [9.17, 15) is 20.1 Å². The Morgan fingerprint density at radius 1 is 1.04 bits per heavy atom. The summed E-state index contributed by atoms with van der Waals surface area (Å²) in [6.07, 6.45) is 15.7. The molecule has 5 heteroatoms. The maximum atomic E-state index is 10.3. The molecule has 0 amide bonds. The second kappa shape index (κ2) is 15.0. The third-order valence-corrected chi connectivity index (χ3v) is 4.83. The molecule has 1 saturated carbocycles. The van der Waals surface area contributed by atoms with Gasteiger partial charge in [-0.3, -0.25) is 0 Å². The summed E-state index contributed by atoms with van der Waals surface area (Å²) < 4.78 is 0. The average Bonchev–Trinajstić information content (AvgIpc) is 2.80. The fraction of sp³-hybridized carbons (Fsp3) is 0.750. The standard InChI is InChI=1S/C20H34O4.Na/c1-2-3-4-5-6-9-12-16-17(19(22)15-18(16)21)13-10-7-8-11-14-20(23)24;/h7,9-10,12,16-19,21-22H,2-6,8,11,13-15H2,1H3,(H,23,24);/q;+1/p-1/b10-7-,12-9+;/t16-,17-,18-,19+;/m1./s1. The summed E-state index contributed by atoms with van der Waals surface area (Å²) in [6.45, 7) is 2.20. The second-order valence-corrected chi connectivity index (χ2v) is 6.86. The number of carboxylic acid groups (broad SMARTS) is 1. The Bertz CT molecular complexity index is 409. The van der Waals surface area contributed by atoms with Crippen LogP contribution in [0.15, 0.2) is 24.3 Å². The number of carbonyl (C=O) groups excluding carboxylic acids is 1. The van der Waals surface area contributed by atoms with E-state index in [2.05, 4.69) is 19.1 Å². The van der Waals surface area contributed by atoms with E-state index in [1.165, 1.54) is 25.7 Å². The van der Waals surface area contributed by atoms with Gasteiger partial charge in [-0.15, -0.1) is 0 Å². The van der Waals surface area contributed by atoms with E-state index in [0.29, 0.717) is 25.7 Å². The van der Waals surface area contributed by atoms with Gasteiger partial charge in [-0.2, -0.15) is 0 Å². The molecule has 0 aromatic heterocycles. The Hall–Kier alpha value is -0.130. The van der Waals surface area contributed by atoms with Crippen LogP contribution in [0.4, 0.5) is 0 Å². The third-order valence-electron chi connectivity index (χ3n) is 4.83. The third kappa shape index (κ3) is 10.6. The molecule has 0 aliphatic heterocycles. The van der Waals surface area contributed by atoms with E-state index >= 15 is 0 Å². The van der Waals surface area contributed by atoms with Gasteiger partial charge in [-0.1, -0.05) is 50.5 Å². The number of hydrogen-bond acceptors (Lipinski definition) is 4. The molecule has 0 unspecified atom stereocenters. The Balaban J connectivity index is 0.00000576. The SMILES string of the molecule is CCCCCC/C=C/[C@@H]1[C@@H](C/C=C\CCCC(=O)[O-])[C@@H](O)C[C@H]1O.[Na+]. The molecule has 0 aromatic rings. The minimum atomic E-state index is -1.01. The van der Waals surface area contributed by atoms with Crippen LogP contribution in [-0.4, -0.2) is 28.4 Å². The first kappa shape index (κ1) is 24.9. The van der Waals surface area contributed by atoms with Crippen molar-refractivity contribution in [3.05, 3.63) is 24.3 Å². The van der Waals surface area contributed by atoms with Gasteiger partial charge in [-0.25, -0.2) is 0 Å². The topological polar surface area (TPSA) is 80.6 Å². The van der Waals surface area contributed by atoms with E-state index in [1.54, 1.807) is 0 Å². The van der Waals surface area contributed by atoms with E-state index in [1.807, 2.05) is 12.2 Å². The van der Waals surface area contributed by atoms with Crippen molar-refractivity contribution in [2.45, 2.75) is 83.3 Å². The molecule has 4 atom stereocenters. The molecule has 0 saturated heterocycles. The summed E-state index contributed by atoms with van der Waals surface area (Å²) >= 11 is 0. The fourth-order valence-electron chi connectivity index (χ4n) is 3.38. The molecule has 0 radical (unpaired) electrons. The van der Waals surface area contributed by atoms with Crippen LogP contribution in [0.3, 0.4) is 0 Å². The number of unbranched alkanes of at least 4 members (excludes halogenated alkanes) is 5. The zero-order chi connectivity index (χ0) is 17.8. The summed E-state index contributed by atoms with van der Waals surface area (Å²) in [4.78, 5) is 10.3. The minimum absolute atomic E-state index is 0. The summed E-state index contributed by atoms with van der Waals surface area (Å²) in [5.41, 5.74) is 0. The van der Waals surface area contributed by atoms with Crippen molar-refractivity contribution in [3.8, 4) is 0 Å². The number of carboxylic acids is 1. The number of aliphatic hydroxyl groups is 2. The zero-order valence-electron chi connectivity index (χ0n) is 15.9. The van der Waals surface area contributed by atoms with Crippen molar-refractivity contribution in [2.24, 2.45) is 11.8 Å². The molecule has 0 aromatic carbocycles. The average molecular weight is 360 g/mol. The van der Waals surface area contributed by atoms with Gasteiger partial charge in [-0.05, 0) is 44.4 Å². The first-order valence-corrected chi connectivity index (χ1v) is 9.43. The number of aliphatic carboxylic acids is 1. The van der Waals surface area contributed by atoms with Crippen LogP contribution in [0.1, 0.15) is 71.1 Å². The molecule has 0 spiro atoms. The minimum Gasteiger partial charge on any atom is -0.550 e. The van der Waals surface area contributed by atoms with Crippen LogP contribution in [0, 0.1) is 11.8 Å². The van der Waals surface area contributed by atoms with Crippen LogP contribution in [0.25, 0.3) is 0 Å². The molecule has 138 valence electrons. The Morgan fingerprint density at radius 3 is 2.44 bits per heavy atom. The number of rotatable bonds is 12. The molecular formula is C20H33NaO4. The summed E-state index contributed by atoms with van der Waals surface area (Å²) in [5.74, 6) is -0.954. The molecule has 1 fully saturated rings. The van der Waals surface area contributed by atoms with Crippen molar-refractivity contribution >= 4 is 5.97 Å². The van der Waals surface area contributed by atoms with Gasteiger partial charge in [0.05, 0.1) is 12.2 Å². The van der Waals surface area contributed by atoms with Gasteiger partial charge in [0, 0.05) is 18.3 Å². The van der Waals surface area contributed by atoms with Gasteiger partial charge >= 0.3 is 29.6 Å². The second-order valence-electron chi connectivity index (χ2n) is 6.86. The van der Waals surface area contributed by atoms with Gasteiger partial charge in [0.1, 0.15) is 0 Å². The van der Waals surface area contributed by atoms with Gasteiger partial charge in [0.2, 0.25) is 0 Å². The van der Waals surface area contributed by atoms with Crippen molar-refractivity contribution < 1.29 is 49.7 Å². The molecule has 1 aliphatic carbocycles. The number of hydrogen-bond donors (Lipinski definition) is 2. The Labute approximate surface area is 174 Å². The molecule has 2 N–H and O–H groups in total.